The molecule has 0 saturated heterocycles. The largest absolute Gasteiger partial charge is 0.369 e. The molecule has 4 bridgehead atoms. The molecule has 0 spiro atoms. The maximum atomic E-state index is 4.47. The Morgan fingerprint density at radius 3 is 2.42 bits per heavy atom. The smallest absolute Gasteiger partial charge is 0.148 e. The molecular weight excluding hydrogens is 234 g/mol. The van der Waals surface area contributed by atoms with Crippen molar-refractivity contribution >= 4 is 5.82 Å². The standard InChI is InChI=1S/C16H25N3/c1-2-3-17-15-7-14(18-19-15)16-8-11-4-12(9-16)6-13(5-11)10-16/h7,11-13H,2-6,8-10H2,1H3,(H2,17,18,19). The summed E-state index contributed by atoms with van der Waals surface area (Å²) in [6.07, 6.45) is 9.91. The van der Waals surface area contributed by atoms with Gasteiger partial charge in [0.05, 0.1) is 0 Å². The molecule has 4 fully saturated rings. The van der Waals surface area contributed by atoms with Crippen LogP contribution in [-0.2, 0) is 5.41 Å². The monoisotopic (exact) mass is 259 g/mol. The van der Waals surface area contributed by atoms with E-state index < -0.39 is 0 Å². The van der Waals surface area contributed by atoms with E-state index in [0.717, 1.165) is 36.5 Å². The van der Waals surface area contributed by atoms with Gasteiger partial charge >= 0.3 is 0 Å². The number of H-pyrrole nitrogens is 1. The van der Waals surface area contributed by atoms with Gasteiger partial charge in [-0.2, -0.15) is 5.10 Å². The highest BCUT2D eigenvalue weighted by molar-refractivity contribution is 5.38. The molecule has 0 unspecified atom stereocenters. The molecule has 0 radical (unpaired) electrons. The Balaban J connectivity index is 1.59. The van der Waals surface area contributed by atoms with E-state index in [9.17, 15) is 0 Å². The quantitative estimate of drug-likeness (QED) is 0.865. The number of aromatic amines is 1. The molecule has 104 valence electrons. The molecule has 4 saturated carbocycles. The molecule has 19 heavy (non-hydrogen) atoms. The van der Waals surface area contributed by atoms with Crippen molar-refractivity contribution in [2.45, 2.75) is 57.3 Å². The third-order valence-electron chi connectivity index (χ3n) is 5.74. The summed E-state index contributed by atoms with van der Waals surface area (Å²) in [6, 6.07) is 2.29. The predicted molar refractivity (Wildman–Crippen MR) is 77.2 cm³/mol. The molecule has 1 aromatic heterocycles. The van der Waals surface area contributed by atoms with Gasteiger partial charge in [0.1, 0.15) is 5.82 Å². The van der Waals surface area contributed by atoms with E-state index in [1.807, 2.05) is 0 Å². The fourth-order valence-electron chi connectivity index (χ4n) is 5.38. The third-order valence-corrected chi connectivity index (χ3v) is 5.74. The highest BCUT2D eigenvalue weighted by Crippen LogP contribution is 2.60. The topological polar surface area (TPSA) is 40.7 Å². The van der Waals surface area contributed by atoms with Gasteiger partial charge in [-0.1, -0.05) is 6.92 Å². The SMILES string of the molecule is CCCNc1cc(C23CC4CC(CC(C4)C2)C3)[nH]n1. The lowest BCUT2D eigenvalue weighted by Crippen LogP contribution is -2.48. The van der Waals surface area contributed by atoms with Crippen LogP contribution in [0.15, 0.2) is 6.07 Å². The number of nitrogens with one attached hydrogen (secondary N) is 2. The van der Waals surface area contributed by atoms with E-state index >= 15 is 0 Å². The first-order valence-corrected chi connectivity index (χ1v) is 8.07. The van der Waals surface area contributed by atoms with Crippen LogP contribution in [0.1, 0.15) is 57.6 Å². The highest BCUT2D eigenvalue weighted by atomic mass is 15.2. The second-order valence-electron chi connectivity index (χ2n) is 7.29. The molecule has 1 aromatic rings. The minimum atomic E-state index is 0.452. The van der Waals surface area contributed by atoms with Crippen LogP contribution in [0, 0.1) is 17.8 Å². The molecule has 4 aliphatic rings. The molecule has 4 aliphatic carbocycles. The van der Waals surface area contributed by atoms with Crippen molar-refractivity contribution < 1.29 is 0 Å². The van der Waals surface area contributed by atoms with Gasteiger partial charge < -0.3 is 5.32 Å². The average molecular weight is 259 g/mol. The fourth-order valence-corrected chi connectivity index (χ4v) is 5.38. The Labute approximate surface area is 115 Å². The van der Waals surface area contributed by atoms with E-state index in [4.69, 9.17) is 0 Å². The van der Waals surface area contributed by atoms with Crippen LogP contribution in [0.3, 0.4) is 0 Å². The Morgan fingerprint density at radius 1 is 1.21 bits per heavy atom. The van der Waals surface area contributed by atoms with Crippen molar-refractivity contribution in [1.29, 1.82) is 0 Å². The van der Waals surface area contributed by atoms with Crippen molar-refractivity contribution in [3.8, 4) is 0 Å². The summed E-state index contributed by atoms with van der Waals surface area (Å²) in [5.41, 5.74) is 1.87. The molecule has 5 rings (SSSR count). The summed E-state index contributed by atoms with van der Waals surface area (Å²) >= 11 is 0. The fraction of sp³-hybridized carbons (Fsp3) is 0.812. The lowest BCUT2D eigenvalue weighted by atomic mass is 9.49. The van der Waals surface area contributed by atoms with Crippen LogP contribution < -0.4 is 5.32 Å². The molecular formula is C16H25N3. The van der Waals surface area contributed by atoms with Crippen molar-refractivity contribution in [2.75, 3.05) is 11.9 Å². The van der Waals surface area contributed by atoms with Crippen molar-refractivity contribution in [3.05, 3.63) is 11.8 Å². The van der Waals surface area contributed by atoms with Crippen LogP contribution in [0.25, 0.3) is 0 Å². The molecule has 0 aliphatic heterocycles. The van der Waals surface area contributed by atoms with Gasteiger partial charge in [-0.05, 0) is 62.7 Å². The van der Waals surface area contributed by atoms with Gasteiger partial charge in [0, 0.05) is 23.7 Å². The summed E-state index contributed by atoms with van der Waals surface area (Å²) in [7, 11) is 0. The van der Waals surface area contributed by atoms with E-state index in [1.165, 1.54) is 44.2 Å². The molecule has 0 amide bonds. The Bertz CT molecular complexity index is 427. The first-order valence-electron chi connectivity index (χ1n) is 8.07. The lowest BCUT2D eigenvalue weighted by molar-refractivity contribution is -0.00721. The van der Waals surface area contributed by atoms with Gasteiger partial charge in [-0.15, -0.1) is 0 Å². The van der Waals surface area contributed by atoms with Gasteiger partial charge in [-0.25, -0.2) is 0 Å². The zero-order valence-electron chi connectivity index (χ0n) is 11.9. The normalized spacial score (nSPS) is 39.7. The van der Waals surface area contributed by atoms with Crippen LogP contribution in [0.2, 0.25) is 0 Å². The predicted octanol–water partition coefficient (Wildman–Crippen LogP) is 3.70. The maximum absolute atomic E-state index is 4.47. The Kier molecular flexibility index (Phi) is 2.64. The van der Waals surface area contributed by atoms with Gasteiger partial charge in [0.2, 0.25) is 0 Å². The van der Waals surface area contributed by atoms with Gasteiger partial charge in [0.25, 0.3) is 0 Å². The van der Waals surface area contributed by atoms with Crippen molar-refractivity contribution in [3.63, 3.8) is 0 Å². The Morgan fingerprint density at radius 2 is 1.84 bits per heavy atom. The summed E-state index contributed by atoms with van der Waals surface area (Å²) in [5, 5.41) is 11.2. The number of aromatic nitrogens is 2. The zero-order valence-corrected chi connectivity index (χ0v) is 11.9. The van der Waals surface area contributed by atoms with E-state index in [1.54, 1.807) is 0 Å². The van der Waals surface area contributed by atoms with E-state index in [-0.39, 0.29) is 0 Å². The first kappa shape index (κ1) is 11.8. The molecule has 3 nitrogen and oxygen atoms in total. The molecule has 3 heteroatoms. The number of hydrogen-bond donors (Lipinski definition) is 2. The molecule has 1 heterocycles. The highest BCUT2D eigenvalue weighted by Gasteiger charge is 2.52. The maximum Gasteiger partial charge on any atom is 0.148 e. The Hall–Kier alpha value is -0.990. The van der Waals surface area contributed by atoms with Crippen molar-refractivity contribution in [1.82, 2.24) is 10.2 Å². The van der Waals surface area contributed by atoms with Crippen LogP contribution in [-0.4, -0.2) is 16.7 Å². The minimum Gasteiger partial charge on any atom is -0.369 e. The van der Waals surface area contributed by atoms with Crippen LogP contribution >= 0.6 is 0 Å². The van der Waals surface area contributed by atoms with E-state index in [2.05, 4.69) is 28.5 Å². The molecule has 0 atom stereocenters. The summed E-state index contributed by atoms with van der Waals surface area (Å²) < 4.78 is 0. The second kappa shape index (κ2) is 4.26. The first-order chi connectivity index (χ1) is 9.27. The minimum absolute atomic E-state index is 0.452. The average Bonchev–Trinajstić information content (AvgIpc) is 2.84. The zero-order chi connectivity index (χ0) is 12.9. The van der Waals surface area contributed by atoms with Crippen LogP contribution in [0.5, 0.6) is 0 Å². The van der Waals surface area contributed by atoms with E-state index in [0.29, 0.717) is 5.41 Å². The summed E-state index contributed by atoms with van der Waals surface area (Å²) in [4.78, 5) is 0. The van der Waals surface area contributed by atoms with Gasteiger partial charge in [-0.3, -0.25) is 5.10 Å². The second-order valence-corrected chi connectivity index (χ2v) is 7.29. The molecule has 0 aromatic carbocycles. The van der Waals surface area contributed by atoms with Gasteiger partial charge in [0.15, 0.2) is 0 Å². The summed E-state index contributed by atoms with van der Waals surface area (Å²) in [6.45, 7) is 3.21. The number of anilines is 1. The molecule has 2 N–H and O–H groups in total. The van der Waals surface area contributed by atoms with Crippen LogP contribution in [0.4, 0.5) is 5.82 Å². The third kappa shape index (κ3) is 1.89. The number of hydrogen-bond acceptors (Lipinski definition) is 2. The number of rotatable bonds is 4. The van der Waals surface area contributed by atoms with Crippen molar-refractivity contribution in [2.24, 2.45) is 17.8 Å². The number of nitrogens with zero attached hydrogens (tertiary/aromatic N) is 1. The lowest BCUT2D eigenvalue weighted by Gasteiger charge is -2.56. The summed E-state index contributed by atoms with van der Waals surface area (Å²) in [5.74, 6) is 4.05.